The van der Waals surface area contributed by atoms with E-state index in [-0.39, 0.29) is 11.9 Å². The molecule has 1 atom stereocenters. The molecule has 3 aromatic rings. The second-order valence-corrected chi connectivity index (χ2v) is 9.80. The van der Waals surface area contributed by atoms with Crippen LogP contribution >= 0.6 is 0 Å². The highest BCUT2D eigenvalue weighted by Crippen LogP contribution is 2.38. The number of anilines is 1. The second kappa shape index (κ2) is 10.7. The Labute approximate surface area is 213 Å². The van der Waals surface area contributed by atoms with Gasteiger partial charge in [-0.15, -0.1) is 0 Å². The Morgan fingerprint density at radius 1 is 1.00 bits per heavy atom. The van der Waals surface area contributed by atoms with Crippen molar-refractivity contribution in [1.29, 1.82) is 0 Å². The van der Waals surface area contributed by atoms with Crippen LogP contribution in [0.2, 0.25) is 0 Å². The number of carbonyl (C=O) groups excluding carboxylic acids is 1. The third-order valence-electron chi connectivity index (χ3n) is 7.52. The summed E-state index contributed by atoms with van der Waals surface area (Å²) in [7, 11) is 3.27. The van der Waals surface area contributed by atoms with Gasteiger partial charge in [-0.3, -0.25) is 14.7 Å². The van der Waals surface area contributed by atoms with Gasteiger partial charge in [0.05, 0.1) is 19.7 Å². The van der Waals surface area contributed by atoms with Crippen molar-refractivity contribution < 1.29 is 14.3 Å². The molecule has 1 aliphatic heterocycles. The summed E-state index contributed by atoms with van der Waals surface area (Å²) in [5.74, 6) is 1.32. The number of rotatable bonds is 7. The number of ether oxygens (including phenoxy) is 2. The Morgan fingerprint density at radius 2 is 1.75 bits per heavy atom. The Morgan fingerprint density at radius 3 is 2.47 bits per heavy atom. The lowest BCUT2D eigenvalue weighted by molar-refractivity contribution is -0.127. The minimum atomic E-state index is -0.436. The maximum Gasteiger partial charge on any atom is 0.242 e. The van der Waals surface area contributed by atoms with E-state index in [1.54, 1.807) is 14.2 Å². The molecule has 1 N–H and O–H groups in total. The fourth-order valence-electron chi connectivity index (χ4n) is 5.75. The summed E-state index contributed by atoms with van der Waals surface area (Å²) in [6, 6.07) is 16.1. The molecule has 7 nitrogen and oxygen atoms in total. The largest absolute Gasteiger partial charge is 0.493 e. The lowest BCUT2D eigenvalue weighted by atomic mass is 10.0. The smallest absolute Gasteiger partial charge is 0.242 e. The van der Waals surface area contributed by atoms with Gasteiger partial charge in [0.1, 0.15) is 6.04 Å². The van der Waals surface area contributed by atoms with Crippen molar-refractivity contribution in [2.45, 2.75) is 44.7 Å². The minimum Gasteiger partial charge on any atom is -0.493 e. The lowest BCUT2D eigenvalue weighted by Gasteiger charge is -2.40. The van der Waals surface area contributed by atoms with Crippen LogP contribution in [0.1, 0.15) is 43.0 Å². The lowest BCUT2D eigenvalue weighted by Crippen LogP contribution is -2.52. The molecule has 5 rings (SSSR count). The molecule has 190 valence electrons. The van der Waals surface area contributed by atoms with Crippen LogP contribution in [-0.2, 0) is 4.79 Å². The molecule has 0 spiro atoms. The van der Waals surface area contributed by atoms with Gasteiger partial charge in [-0.05, 0) is 38.0 Å². The topological polar surface area (TPSA) is 66.9 Å². The first-order valence-corrected chi connectivity index (χ1v) is 13.0. The third-order valence-corrected chi connectivity index (χ3v) is 7.52. The highest BCUT2D eigenvalue weighted by Gasteiger charge is 2.35. The van der Waals surface area contributed by atoms with E-state index < -0.39 is 6.04 Å². The van der Waals surface area contributed by atoms with Crippen molar-refractivity contribution in [2.75, 3.05) is 45.3 Å². The molecule has 1 aromatic heterocycles. The summed E-state index contributed by atoms with van der Waals surface area (Å²) in [6.07, 6.45) is 4.46. The number of carbonyl (C=O) groups is 1. The summed E-state index contributed by atoms with van der Waals surface area (Å²) >= 11 is 0. The van der Waals surface area contributed by atoms with Crippen LogP contribution in [0.4, 0.5) is 5.69 Å². The molecule has 0 radical (unpaired) electrons. The van der Waals surface area contributed by atoms with Crippen LogP contribution in [0, 0.1) is 6.92 Å². The summed E-state index contributed by atoms with van der Waals surface area (Å²) in [6.45, 7) is 5.22. The molecule has 1 unspecified atom stereocenters. The number of hydrogen-bond acceptors (Lipinski definition) is 6. The van der Waals surface area contributed by atoms with Gasteiger partial charge >= 0.3 is 0 Å². The van der Waals surface area contributed by atoms with Crippen molar-refractivity contribution in [3.8, 4) is 11.5 Å². The number of hydrogen-bond donors (Lipinski definition) is 1. The Balaban J connectivity index is 1.42. The van der Waals surface area contributed by atoms with Gasteiger partial charge in [-0.25, -0.2) is 0 Å². The monoisotopic (exact) mass is 488 g/mol. The van der Waals surface area contributed by atoms with E-state index in [2.05, 4.69) is 39.4 Å². The zero-order chi connectivity index (χ0) is 25.1. The van der Waals surface area contributed by atoms with Gasteiger partial charge in [0.2, 0.25) is 5.91 Å². The summed E-state index contributed by atoms with van der Waals surface area (Å²) in [5, 5.41) is 4.51. The van der Waals surface area contributed by atoms with Crippen molar-refractivity contribution in [3.63, 3.8) is 0 Å². The zero-order valence-electron chi connectivity index (χ0n) is 21.5. The first-order chi connectivity index (χ1) is 17.6. The predicted molar refractivity (Wildman–Crippen MR) is 143 cm³/mol. The molecule has 2 heterocycles. The van der Waals surface area contributed by atoms with Crippen molar-refractivity contribution in [1.82, 2.24) is 15.2 Å². The number of nitrogens with one attached hydrogen (secondary N) is 1. The van der Waals surface area contributed by atoms with Crippen LogP contribution < -0.4 is 19.7 Å². The molecule has 36 heavy (non-hydrogen) atoms. The second-order valence-electron chi connectivity index (χ2n) is 9.80. The van der Waals surface area contributed by atoms with Crippen LogP contribution in [0.15, 0.2) is 48.5 Å². The molecule has 2 aliphatic rings. The van der Waals surface area contributed by atoms with Gasteiger partial charge < -0.3 is 19.7 Å². The van der Waals surface area contributed by atoms with Crippen LogP contribution in [0.25, 0.3) is 10.9 Å². The molecule has 2 aromatic carbocycles. The maximum absolute atomic E-state index is 13.8. The Kier molecular flexibility index (Phi) is 7.28. The minimum absolute atomic E-state index is 0.0482. The number of aromatic nitrogens is 1. The summed E-state index contributed by atoms with van der Waals surface area (Å²) in [5.41, 5.74) is 4.10. The molecular weight excluding hydrogens is 452 g/mol. The average Bonchev–Trinajstić information content (AvgIpc) is 3.41. The van der Waals surface area contributed by atoms with E-state index in [4.69, 9.17) is 14.5 Å². The normalized spacial score (nSPS) is 17.8. The molecule has 0 bridgehead atoms. The number of para-hydroxylation sites is 2. The van der Waals surface area contributed by atoms with Gasteiger partial charge in [-0.1, -0.05) is 43.2 Å². The SMILES string of the molecule is COc1cccc(C(C(=O)NC2CCCC2)N2CCN(c3cc(C)nc4ccccc34)CC2)c1OC. The molecule has 1 amide bonds. The number of methoxy groups -OCH3 is 2. The van der Waals surface area contributed by atoms with Gasteiger partial charge in [-0.2, -0.15) is 0 Å². The van der Waals surface area contributed by atoms with E-state index in [0.29, 0.717) is 11.5 Å². The summed E-state index contributed by atoms with van der Waals surface area (Å²) in [4.78, 5) is 23.2. The number of pyridine rings is 1. The van der Waals surface area contributed by atoms with Crippen LogP contribution in [0.3, 0.4) is 0 Å². The van der Waals surface area contributed by atoms with Crippen LogP contribution in [-0.4, -0.2) is 62.2 Å². The van der Waals surface area contributed by atoms with E-state index in [1.165, 1.54) is 23.9 Å². The Bertz CT molecular complexity index is 1220. The fraction of sp³-hybridized carbons (Fsp3) is 0.448. The summed E-state index contributed by atoms with van der Waals surface area (Å²) < 4.78 is 11.3. The highest BCUT2D eigenvalue weighted by molar-refractivity contribution is 5.92. The number of nitrogens with zero attached hydrogens (tertiary/aromatic N) is 3. The molecule has 1 saturated heterocycles. The van der Waals surface area contributed by atoms with E-state index in [1.807, 2.05) is 31.2 Å². The van der Waals surface area contributed by atoms with E-state index >= 15 is 0 Å². The Hall–Kier alpha value is -3.32. The molecule has 1 saturated carbocycles. The van der Waals surface area contributed by atoms with Crippen molar-refractivity contribution >= 4 is 22.5 Å². The van der Waals surface area contributed by atoms with Gasteiger partial charge in [0.15, 0.2) is 11.5 Å². The molecular formula is C29H36N4O3. The van der Waals surface area contributed by atoms with Gasteiger partial charge in [0, 0.05) is 54.6 Å². The van der Waals surface area contributed by atoms with Gasteiger partial charge in [0.25, 0.3) is 0 Å². The van der Waals surface area contributed by atoms with Crippen LogP contribution in [0.5, 0.6) is 11.5 Å². The number of amides is 1. The number of piperazine rings is 1. The predicted octanol–water partition coefficient (Wildman–Crippen LogP) is 4.48. The van der Waals surface area contributed by atoms with Crippen molar-refractivity contribution in [2.24, 2.45) is 0 Å². The quantitative estimate of drug-likeness (QED) is 0.529. The first-order valence-electron chi connectivity index (χ1n) is 13.0. The standard InChI is InChI=1S/C29H36N4O3/c1-20-19-25(22-11-6-7-13-24(22)30-20)32-15-17-33(18-16-32)27(29(34)31-21-9-4-5-10-21)23-12-8-14-26(35-2)28(23)36-3/h6-8,11-14,19,21,27H,4-5,9-10,15-18H2,1-3H3,(H,31,34). The van der Waals surface area contributed by atoms with E-state index in [0.717, 1.165) is 55.8 Å². The molecule has 1 aliphatic carbocycles. The first kappa shape index (κ1) is 24.4. The average molecular weight is 489 g/mol. The number of aryl methyl sites for hydroxylation is 1. The van der Waals surface area contributed by atoms with Crippen molar-refractivity contribution in [3.05, 3.63) is 59.8 Å². The third kappa shape index (κ3) is 4.85. The van der Waals surface area contributed by atoms with E-state index in [9.17, 15) is 4.79 Å². The number of fused-ring (bicyclic) bond motifs is 1. The zero-order valence-corrected chi connectivity index (χ0v) is 21.5. The molecule has 7 heteroatoms. The fourth-order valence-corrected chi connectivity index (χ4v) is 5.75. The maximum atomic E-state index is 13.8. The highest BCUT2D eigenvalue weighted by atomic mass is 16.5. The molecule has 2 fully saturated rings. The number of benzene rings is 2.